The minimum absolute atomic E-state index is 0.699. The van der Waals surface area contributed by atoms with Gasteiger partial charge in [0.05, 0.1) is 19.1 Å². The summed E-state index contributed by atoms with van der Waals surface area (Å²) in [5.41, 5.74) is 1.09. The zero-order valence-electron chi connectivity index (χ0n) is 9.94. The third kappa shape index (κ3) is 3.89. The largest absolute Gasteiger partial charge is 0.472 e. The molecule has 0 aliphatic heterocycles. The lowest BCUT2D eigenvalue weighted by Crippen LogP contribution is -2.36. The standard InChI is InChI=1S/C12H14BrN3OS/c1-14-12(15-5-9-2-3-17-7-9)16-6-11-4-10(13)8-18-11/h2-4,7-8H,5-6H2,1H3,(H2,14,15,16). The van der Waals surface area contributed by atoms with E-state index in [4.69, 9.17) is 4.42 Å². The Labute approximate surface area is 118 Å². The third-order valence-electron chi connectivity index (χ3n) is 2.32. The maximum Gasteiger partial charge on any atom is 0.191 e. The molecule has 0 unspecified atom stereocenters. The van der Waals surface area contributed by atoms with Crippen LogP contribution in [0.4, 0.5) is 0 Å². The number of thiophene rings is 1. The fourth-order valence-electron chi connectivity index (χ4n) is 1.42. The van der Waals surface area contributed by atoms with Crippen LogP contribution in [0, 0.1) is 0 Å². The fraction of sp³-hybridized carbons (Fsp3) is 0.250. The molecule has 2 heterocycles. The molecule has 96 valence electrons. The summed E-state index contributed by atoms with van der Waals surface area (Å²) in [7, 11) is 1.76. The highest BCUT2D eigenvalue weighted by atomic mass is 79.9. The van der Waals surface area contributed by atoms with Gasteiger partial charge in [-0.1, -0.05) is 0 Å². The van der Waals surface area contributed by atoms with E-state index in [9.17, 15) is 0 Å². The smallest absolute Gasteiger partial charge is 0.191 e. The molecule has 0 saturated carbocycles. The van der Waals surface area contributed by atoms with Crippen molar-refractivity contribution in [1.29, 1.82) is 0 Å². The number of halogens is 1. The van der Waals surface area contributed by atoms with Crippen molar-refractivity contribution in [1.82, 2.24) is 10.6 Å². The van der Waals surface area contributed by atoms with Gasteiger partial charge in [0, 0.05) is 33.9 Å². The van der Waals surface area contributed by atoms with Gasteiger partial charge in [0.2, 0.25) is 0 Å². The van der Waals surface area contributed by atoms with Gasteiger partial charge in [0.25, 0.3) is 0 Å². The van der Waals surface area contributed by atoms with Gasteiger partial charge in [0.15, 0.2) is 5.96 Å². The Kier molecular flexibility index (Phi) is 4.83. The molecule has 0 amide bonds. The predicted molar refractivity (Wildman–Crippen MR) is 77.8 cm³/mol. The summed E-state index contributed by atoms with van der Waals surface area (Å²) >= 11 is 5.15. The first kappa shape index (κ1) is 13.2. The van der Waals surface area contributed by atoms with Crippen LogP contribution >= 0.6 is 27.3 Å². The van der Waals surface area contributed by atoms with Crippen LogP contribution < -0.4 is 10.6 Å². The van der Waals surface area contributed by atoms with E-state index in [0.717, 1.165) is 22.5 Å². The average Bonchev–Trinajstić information content (AvgIpc) is 3.01. The molecule has 0 aliphatic carbocycles. The van der Waals surface area contributed by atoms with Gasteiger partial charge in [0.1, 0.15) is 0 Å². The van der Waals surface area contributed by atoms with E-state index in [1.165, 1.54) is 4.88 Å². The summed E-state index contributed by atoms with van der Waals surface area (Å²) in [6, 6.07) is 4.03. The summed E-state index contributed by atoms with van der Waals surface area (Å²) in [6.45, 7) is 1.46. The molecule has 0 bridgehead atoms. The zero-order chi connectivity index (χ0) is 12.8. The minimum atomic E-state index is 0.699. The lowest BCUT2D eigenvalue weighted by atomic mass is 10.3. The van der Waals surface area contributed by atoms with Gasteiger partial charge in [-0.05, 0) is 28.1 Å². The number of rotatable bonds is 4. The first-order chi connectivity index (χ1) is 8.78. The van der Waals surface area contributed by atoms with E-state index in [0.29, 0.717) is 6.54 Å². The molecule has 18 heavy (non-hydrogen) atoms. The Morgan fingerprint density at radius 1 is 1.44 bits per heavy atom. The lowest BCUT2D eigenvalue weighted by Gasteiger charge is -2.10. The van der Waals surface area contributed by atoms with Gasteiger partial charge in [-0.3, -0.25) is 4.99 Å². The molecule has 0 saturated heterocycles. The molecule has 4 nitrogen and oxygen atoms in total. The monoisotopic (exact) mass is 327 g/mol. The molecule has 0 aliphatic rings. The molecule has 2 aromatic heterocycles. The second-order valence-electron chi connectivity index (χ2n) is 3.64. The van der Waals surface area contributed by atoms with Crippen molar-refractivity contribution in [3.63, 3.8) is 0 Å². The van der Waals surface area contributed by atoms with Crippen molar-refractivity contribution in [2.24, 2.45) is 4.99 Å². The van der Waals surface area contributed by atoms with Crippen molar-refractivity contribution in [2.75, 3.05) is 7.05 Å². The van der Waals surface area contributed by atoms with Crippen molar-refractivity contribution >= 4 is 33.2 Å². The Hall–Kier alpha value is -1.27. The van der Waals surface area contributed by atoms with Gasteiger partial charge in [-0.15, -0.1) is 11.3 Å². The molecule has 0 spiro atoms. The quantitative estimate of drug-likeness (QED) is 0.670. The predicted octanol–water partition coefficient (Wildman–Crippen LogP) is 2.97. The zero-order valence-corrected chi connectivity index (χ0v) is 12.3. The molecule has 0 atom stereocenters. The Morgan fingerprint density at radius 3 is 2.89 bits per heavy atom. The number of nitrogens with one attached hydrogen (secondary N) is 2. The summed E-state index contributed by atoms with van der Waals surface area (Å²) in [5, 5.41) is 8.55. The van der Waals surface area contributed by atoms with Crippen molar-refractivity contribution < 1.29 is 4.42 Å². The molecule has 2 N–H and O–H groups in total. The van der Waals surface area contributed by atoms with Crippen LogP contribution in [-0.2, 0) is 13.1 Å². The molecular weight excluding hydrogens is 314 g/mol. The van der Waals surface area contributed by atoms with Crippen LogP contribution in [0.25, 0.3) is 0 Å². The SMILES string of the molecule is CN=C(NCc1ccoc1)NCc1cc(Br)cs1. The topological polar surface area (TPSA) is 49.6 Å². The molecule has 2 aromatic rings. The van der Waals surface area contributed by atoms with Crippen molar-refractivity contribution in [3.8, 4) is 0 Å². The number of hydrogen-bond donors (Lipinski definition) is 2. The highest BCUT2D eigenvalue weighted by Crippen LogP contribution is 2.19. The number of nitrogens with zero attached hydrogens (tertiary/aromatic N) is 1. The van der Waals surface area contributed by atoms with Crippen LogP contribution in [0.3, 0.4) is 0 Å². The van der Waals surface area contributed by atoms with E-state index >= 15 is 0 Å². The van der Waals surface area contributed by atoms with Crippen LogP contribution in [-0.4, -0.2) is 13.0 Å². The average molecular weight is 328 g/mol. The highest BCUT2D eigenvalue weighted by Gasteiger charge is 2.01. The number of guanidine groups is 1. The highest BCUT2D eigenvalue weighted by molar-refractivity contribution is 9.10. The minimum Gasteiger partial charge on any atom is -0.472 e. The molecule has 6 heteroatoms. The number of hydrogen-bond acceptors (Lipinski definition) is 3. The molecule has 0 aromatic carbocycles. The second-order valence-corrected chi connectivity index (χ2v) is 5.55. The summed E-state index contributed by atoms with van der Waals surface area (Å²) < 4.78 is 6.12. The van der Waals surface area contributed by atoms with Crippen LogP contribution in [0.1, 0.15) is 10.4 Å². The normalized spacial score (nSPS) is 11.6. The van der Waals surface area contributed by atoms with Gasteiger partial charge < -0.3 is 15.1 Å². The Morgan fingerprint density at radius 2 is 2.28 bits per heavy atom. The summed E-state index contributed by atoms with van der Waals surface area (Å²) in [4.78, 5) is 5.42. The van der Waals surface area contributed by atoms with Crippen molar-refractivity contribution in [2.45, 2.75) is 13.1 Å². The summed E-state index contributed by atoms with van der Waals surface area (Å²) in [5.74, 6) is 0.778. The van der Waals surface area contributed by atoms with E-state index in [-0.39, 0.29) is 0 Å². The van der Waals surface area contributed by atoms with E-state index < -0.39 is 0 Å². The van der Waals surface area contributed by atoms with Crippen LogP contribution in [0.2, 0.25) is 0 Å². The van der Waals surface area contributed by atoms with Crippen molar-refractivity contribution in [3.05, 3.63) is 45.0 Å². The van der Waals surface area contributed by atoms with Gasteiger partial charge >= 0.3 is 0 Å². The van der Waals surface area contributed by atoms with Crippen LogP contribution in [0.5, 0.6) is 0 Å². The molecule has 0 radical (unpaired) electrons. The Bertz CT molecular complexity index is 507. The van der Waals surface area contributed by atoms with E-state index in [1.54, 1.807) is 30.9 Å². The lowest BCUT2D eigenvalue weighted by molar-refractivity contribution is 0.563. The van der Waals surface area contributed by atoms with E-state index in [1.807, 2.05) is 6.07 Å². The van der Waals surface area contributed by atoms with Crippen LogP contribution in [0.15, 0.2) is 43.9 Å². The third-order valence-corrected chi connectivity index (χ3v) is 4.01. The summed E-state index contributed by atoms with van der Waals surface area (Å²) in [6.07, 6.45) is 3.38. The molecule has 0 fully saturated rings. The first-order valence-electron chi connectivity index (χ1n) is 5.46. The van der Waals surface area contributed by atoms with Gasteiger partial charge in [-0.25, -0.2) is 0 Å². The fourth-order valence-corrected chi connectivity index (χ4v) is 2.81. The molecule has 2 rings (SSSR count). The second kappa shape index (κ2) is 6.61. The first-order valence-corrected chi connectivity index (χ1v) is 7.13. The number of furan rings is 1. The number of aliphatic imine (C=N–C) groups is 1. The van der Waals surface area contributed by atoms with E-state index in [2.05, 4.69) is 43.0 Å². The maximum atomic E-state index is 5.01. The van der Waals surface area contributed by atoms with Gasteiger partial charge in [-0.2, -0.15) is 0 Å². The molecular formula is C12H14BrN3OS. The maximum absolute atomic E-state index is 5.01. The Balaban J connectivity index is 1.79.